The van der Waals surface area contributed by atoms with Crippen molar-refractivity contribution in [2.24, 2.45) is 0 Å². The molecule has 0 radical (unpaired) electrons. The number of rotatable bonds is 0. The van der Waals surface area contributed by atoms with Gasteiger partial charge in [0.05, 0.1) is 0 Å². The fourth-order valence-corrected chi connectivity index (χ4v) is 0.971. The summed E-state index contributed by atoms with van der Waals surface area (Å²) in [6.07, 6.45) is 2.65. The quantitative estimate of drug-likeness (QED) is 0.438. The SMILES string of the molecule is CC=C1CC(=O)N(C)C1. The predicted molar refractivity (Wildman–Crippen MR) is 36.0 cm³/mol. The van der Waals surface area contributed by atoms with Crippen molar-refractivity contribution in [3.8, 4) is 0 Å². The monoisotopic (exact) mass is 125 g/mol. The molecule has 1 saturated heterocycles. The van der Waals surface area contributed by atoms with E-state index in [4.69, 9.17) is 0 Å². The fraction of sp³-hybridized carbons (Fsp3) is 0.571. The van der Waals surface area contributed by atoms with Crippen LogP contribution in [-0.2, 0) is 4.79 Å². The van der Waals surface area contributed by atoms with Crippen LogP contribution in [0.25, 0.3) is 0 Å². The van der Waals surface area contributed by atoms with Gasteiger partial charge in [-0.1, -0.05) is 6.08 Å². The molecule has 1 aliphatic rings. The number of allylic oxidation sites excluding steroid dienone is 1. The number of nitrogens with zero attached hydrogens (tertiary/aromatic N) is 1. The van der Waals surface area contributed by atoms with Crippen LogP contribution in [0.3, 0.4) is 0 Å². The zero-order valence-electron chi connectivity index (χ0n) is 5.85. The standard InChI is InChI=1S/C7H11NO/c1-3-6-4-7(9)8(2)5-6/h3H,4-5H2,1-2H3. The number of likely N-dealkylation sites (N-methyl/N-ethyl adjacent to an activating group) is 1. The first-order valence-corrected chi connectivity index (χ1v) is 3.12. The summed E-state index contributed by atoms with van der Waals surface area (Å²) in [7, 11) is 1.83. The van der Waals surface area contributed by atoms with Gasteiger partial charge in [0.15, 0.2) is 0 Å². The van der Waals surface area contributed by atoms with E-state index in [9.17, 15) is 4.79 Å². The first kappa shape index (κ1) is 6.33. The Labute approximate surface area is 55.2 Å². The minimum Gasteiger partial charge on any atom is -0.341 e. The van der Waals surface area contributed by atoms with Gasteiger partial charge in [-0.05, 0) is 12.5 Å². The van der Waals surface area contributed by atoms with E-state index in [1.807, 2.05) is 20.0 Å². The maximum absolute atomic E-state index is 10.8. The van der Waals surface area contributed by atoms with Crippen LogP contribution >= 0.6 is 0 Å². The lowest BCUT2D eigenvalue weighted by molar-refractivity contribution is -0.126. The second-order valence-electron chi connectivity index (χ2n) is 2.37. The summed E-state index contributed by atoms with van der Waals surface area (Å²) in [5.41, 5.74) is 1.24. The number of hydrogen-bond acceptors (Lipinski definition) is 1. The molecule has 0 bridgehead atoms. The molecule has 0 saturated carbocycles. The summed E-state index contributed by atoms with van der Waals surface area (Å²) >= 11 is 0. The molecular weight excluding hydrogens is 114 g/mol. The van der Waals surface area contributed by atoms with E-state index in [-0.39, 0.29) is 5.91 Å². The van der Waals surface area contributed by atoms with E-state index in [0.717, 1.165) is 6.54 Å². The lowest BCUT2D eigenvalue weighted by atomic mass is 10.2. The maximum atomic E-state index is 10.8. The Morgan fingerprint density at radius 1 is 1.67 bits per heavy atom. The highest BCUT2D eigenvalue weighted by Gasteiger charge is 2.19. The third kappa shape index (κ3) is 1.12. The van der Waals surface area contributed by atoms with Gasteiger partial charge in [0.25, 0.3) is 0 Å². The molecule has 0 N–H and O–H groups in total. The topological polar surface area (TPSA) is 20.3 Å². The van der Waals surface area contributed by atoms with Gasteiger partial charge >= 0.3 is 0 Å². The van der Waals surface area contributed by atoms with Gasteiger partial charge < -0.3 is 4.90 Å². The summed E-state index contributed by atoms with van der Waals surface area (Å²) < 4.78 is 0. The summed E-state index contributed by atoms with van der Waals surface area (Å²) in [5.74, 6) is 0.239. The molecule has 1 aliphatic heterocycles. The number of carbonyl (C=O) groups is 1. The molecule has 0 aromatic carbocycles. The molecule has 2 nitrogen and oxygen atoms in total. The lowest BCUT2D eigenvalue weighted by Gasteiger charge is -2.03. The molecule has 0 aliphatic carbocycles. The Balaban J connectivity index is 2.65. The maximum Gasteiger partial charge on any atom is 0.226 e. The second-order valence-corrected chi connectivity index (χ2v) is 2.37. The average Bonchev–Trinajstić information content (AvgIpc) is 2.13. The molecule has 0 aromatic heterocycles. The van der Waals surface area contributed by atoms with Crippen molar-refractivity contribution < 1.29 is 4.79 Å². The van der Waals surface area contributed by atoms with Crippen molar-refractivity contribution in [1.82, 2.24) is 4.90 Å². The van der Waals surface area contributed by atoms with Crippen LogP contribution in [0.2, 0.25) is 0 Å². The first-order valence-electron chi connectivity index (χ1n) is 3.12. The Kier molecular flexibility index (Phi) is 1.56. The van der Waals surface area contributed by atoms with Crippen molar-refractivity contribution in [2.75, 3.05) is 13.6 Å². The Bertz CT molecular complexity index is 160. The molecular formula is C7H11NO. The van der Waals surface area contributed by atoms with Crippen LogP contribution in [0.5, 0.6) is 0 Å². The van der Waals surface area contributed by atoms with E-state index in [2.05, 4.69) is 0 Å². The molecule has 0 atom stereocenters. The van der Waals surface area contributed by atoms with E-state index >= 15 is 0 Å². The molecule has 0 aromatic rings. The summed E-state index contributed by atoms with van der Waals surface area (Å²) in [6, 6.07) is 0. The molecule has 1 rings (SSSR count). The number of likely N-dealkylation sites (tertiary alicyclic amines) is 1. The van der Waals surface area contributed by atoms with Gasteiger partial charge in [-0.3, -0.25) is 4.79 Å². The van der Waals surface area contributed by atoms with Gasteiger partial charge in [0.1, 0.15) is 0 Å². The zero-order chi connectivity index (χ0) is 6.85. The highest BCUT2D eigenvalue weighted by atomic mass is 16.2. The van der Waals surface area contributed by atoms with Crippen LogP contribution in [0.1, 0.15) is 13.3 Å². The molecule has 0 spiro atoms. The van der Waals surface area contributed by atoms with Gasteiger partial charge in [-0.2, -0.15) is 0 Å². The number of hydrogen-bond donors (Lipinski definition) is 0. The fourth-order valence-electron chi connectivity index (χ4n) is 0.971. The van der Waals surface area contributed by atoms with Gasteiger partial charge in [0, 0.05) is 20.0 Å². The van der Waals surface area contributed by atoms with Crippen molar-refractivity contribution in [3.05, 3.63) is 11.6 Å². The van der Waals surface area contributed by atoms with Crippen molar-refractivity contribution in [3.63, 3.8) is 0 Å². The van der Waals surface area contributed by atoms with Crippen molar-refractivity contribution >= 4 is 5.91 Å². The lowest BCUT2D eigenvalue weighted by Crippen LogP contribution is -2.18. The normalized spacial score (nSPS) is 24.0. The minimum absolute atomic E-state index is 0.239. The van der Waals surface area contributed by atoms with E-state index in [0.29, 0.717) is 6.42 Å². The molecule has 0 unspecified atom stereocenters. The predicted octanol–water partition coefficient (Wildman–Crippen LogP) is 0.795. The minimum atomic E-state index is 0.239. The smallest absolute Gasteiger partial charge is 0.226 e. The number of amides is 1. The molecule has 50 valence electrons. The van der Waals surface area contributed by atoms with Crippen LogP contribution in [-0.4, -0.2) is 24.4 Å². The second kappa shape index (κ2) is 2.21. The molecule has 1 fully saturated rings. The largest absolute Gasteiger partial charge is 0.341 e. The summed E-state index contributed by atoms with van der Waals surface area (Å²) in [4.78, 5) is 12.6. The summed E-state index contributed by atoms with van der Waals surface area (Å²) in [6.45, 7) is 2.80. The van der Waals surface area contributed by atoms with Crippen molar-refractivity contribution in [2.45, 2.75) is 13.3 Å². The zero-order valence-corrected chi connectivity index (χ0v) is 5.85. The van der Waals surface area contributed by atoms with Crippen LogP contribution in [0.4, 0.5) is 0 Å². The molecule has 1 amide bonds. The summed E-state index contributed by atoms with van der Waals surface area (Å²) in [5, 5.41) is 0. The molecule has 2 heteroatoms. The number of carbonyl (C=O) groups excluding carboxylic acids is 1. The highest BCUT2D eigenvalue weighted by molar-refractivity contribution is 5.81. The van der Waals surface area contributed by atoms with Gasteiger partial charge in [0.2, 0.25) is 5.91 Å². The van der Waals surface area contributed by atoms with Crippen LogP contribution in [0.15, 0.2) is 11.6 Å². The van der Waals surface area contributed by atoms with Crippen molar-refractivity contribution in [1.29, 1.82) is 0 Å². The molecule has 1 heterocycles. The van der Waals surface area contributed by atoms with Crippen LogP contribution < -0.4 is 0 Å². The Morgan fingerprint density at radius 3 is 2.56 bits per heavy atom. The van der Waals surface area contributed by atoms with Gasteiger partial charge in [-0.25, -0.2) is 0 Å². The third-order valence-electron chi connectivity index (χ3n) is 1.65. The van der Waals surface area contributed by atoms with E-state index < -0.39 is 0 Å². The van der Waals surface area contributed by atoms with Gasteiger partial charge in [-0.15, -0.1) is 0 Å². The van der Waals surface area contributed by atoms with E-state index in [1.165, 1.54) is 5.57 Å². The third-order valence-corrected chi connectivity index (χ3v) is 1.65. The first-order chi connectivity index (χ1) is 4.24. The Morgan fingerprint density at radius 2 is 2.33 bits per heavy atom. The Hall–Kier alpha value is -0.790. The molecule has 9 heavy (non-hydrogen) atoms. The highest BCUT2D eigenvalue weighted by Crippen LogP contribution is 2.13. The van der Waals surface area contributed by atoms with Crippen LogP contribution in [0, 0.1) is 0 Å². The average molecular weight is 125 g/mol. The van der Waals surface area contributed by atoms with E-state index in [1.54, 1.807) is 4.90 Å².